The molecule has 2 aliphatic heterocycles. The Hall–Kier alpha value is -2.07. The number of amides is 1. The molecule has 1 amide bonds. The molecule has 0 spiro atoms. The molecule has 2 heterocycles. The van der Waals surface area contributed by atoms with Crippen molar-refractivity contribution < 1.29 is 4.79 Å². The Labute approximate surface area is 140 Å². The van der Waals surface area contributed by atoms with Crippen molar-refractivity contribution in [2.45, 2.75) is 24.3 Å². The molecule has 0 N–H and O–H groups in total. The number of hydrazone groups is 1. The van der Waals surface area contributed by atoms with E-state index >= 15 is 0 Å². The van der Waals surface area contributed by atoms with Gasteiger partial charge in [0.1, 0.15) is 0 Å². The van der Waals surface area contributed by atoms with E-state index in [0.29, 0.717) is 13.0 Å². The van der Waals surface area contributed by atoms with E-state index < -0.39 is 0 Å². The SMILES string of the molecule is O=C1CC2CCSc3ccccc3C2=NN1Cc1ccccc1. The van der Waals surface area contributed by atoms with Gasteiger partial charge in [0.2, 0.25) is 5.91 Å². The molecule has 0 aromatic heterocycles. The summed E-state index contributed by atoms with van der Waals surface area (Å²) in [5.41, 5.74) is 3.40. The van der Waals surface area contributed by atoms with Crippen molar-refractivity contribution in [3.05, 3.63) is 65.7 Å². The highest BCUT2D eigenvalue weighted by atomic mass is 32.2. The number of nitrogens with zero attached hydrogens (tertiary/aromatic N) is 2. The molecule has 0 saturated carbocycles. The minimum absolute atomic E-state index is 0.131. The van der Waals surface area contributed by atoms with Crippen molar-refractivity contribution in [1.29, 1.82) is 0 Å². The molecule has 0 radical (unpaired) electrons. The molecular formula is C19H18N2OS. The second kappa shape index (κ2) is 6.20. The summed E-state index contributed by atoms with van der Waals surface area (Å²) in [5, 5.41) is 6.42. The van der Waals surface area contributed by atoms with Crippen LogP contribution >= 0.6 is 11.8 Å². The van der Waals surface area contributed by atoms with Crippen molar-refractivity contribution in [3.63, 3.8) is 0 Å². The first kappa shape index (κ1) is 14.5. The van der Waals surface area contributed by atoms with Crippen LogP contribution in [0.2, 0.25) is 0 Å². The second-order valence-corrected chi connectivity index (χ2v) is 7.09. The van der Waals surface area contributed by atoms with Gasteiger partial charge in [-0.15, -0.1) is 11.8 Å². The average molecular weight is 322 g/mol. The number of thioether (sulfide) groups is 1. The predicted molar refractivity (Wildman–Crippen MR) is 93.4 cm³/mol. The third-order valence-electron chi connectivity index (χ3n) is 4.39. The zero-order valence-corrected chi connectivity index (χ0v) is 13.6. The van der Waals surface area contributed by atoms with Crippen LogP contribution in [-0.2, 0) is 11.3 Å². The maximum Gasteiger partial charge on any atom is 0.243 e. The van der Waals surface area contributed by atoms with Crippen LogP contribution < -0.4 is 0 Å². The lowest BCUT2D eigenvalue weighted by atomic mass is 9.90. The molecule has 0 saturated heterocycles. The maximum atomic E-state index is 12.5. The van der Waals surface area contributed by atoms with E-state index in [0.717, 1.165) is 23.4 Å². The van der Waals surface area contributed by atoms with Gasteiger partial charge < -0.3 is 0 Å². The highest BCUT2D eigenvalue weighted by Gasteiger charge is 2.32. The molecule has 0 bridgehead atoms. The zero-order chi connectivity index (χ0) is 15.6. The monoisotopic (exact) mass is 322 g/mol. The van der Waals surface area contributed by atoms with Crippen molar-refractivity contribution in [2.24, 2.45) is 11.0 Å². The van der Waals surface area contributed by atoms with Gasteiger partial charge in [0.05, 0.1) is 12.3 Å². The summed E-state index contributed by atoms with van der Waals surface area (Å²) in [6, 6.07) is 18.5. The highest BCUT2D eigenvalue weighted by Crippen LogP contribution is 2.35. The van der Waals surface area contributed by atoms with E-state index in [1.807, 2.05) is 42.1 Å². The molecule has 0 aliphatic carbocycles. The number of hydrogen-bond acceptors (Lipinski definition) is 3. The first-order valence-electron chi connectivity index (χ1n) is 7.96. The molecule has 0 fully saturated rings. The summed E-state index contributed by atoms with van der Waals surface area (Å²) in [6.45, 7) is 0.547. The first-order valence-corrected chi connectivity index (χ1v) is 8.95. The summed E-state index contributed by atoms with van der Waals surface area (Å²) < 4.78 is 0. The van der Waals surface area contributed by atoms with E-state index in [4.69, 9.17) is 5.10 Å². The predicted octanol–water partition coefficient (Wildman–Crippen LogP) is 3.94. The number of rotatable bonds is 2. The number of hydrogen-bond donors (Lipinski definition) is 0. The van der Waals surface area contributed by atoms with Crippen LogP contribution in [-0.4, -0.2) is 22.4 Å². The normalized spacial score (nSPS) is 20.3. The van der Waals surface area contributed by atoms with Gasteiger partial charge in [-0.25, -0.2) is 5.01 Å². The quantitative estimate of drug-likeness (QED) is 0.839. The molecule has 4 rings (SSSR count). The Morgan fingerprint density at radius 2 is 1.87 bits per heavy atom. The van der Waals surface area contributed by atoms with Crippen LogP contribution in [0.5, 0.6) is 0 Å². The van der Waals surface area contributed by atoms with Gasteiger partial charge in [-0.05, 0) is 23.8 Å². The topological polar surface area (TPSA) is 32.7 Å². The van der Waals surface area contributed by atoms with Crippen LogP contribution in [0.1, 0.15) is 24.0 Å². The summed E-state index contributed by atoms with van der Waals surface area (Å²) in [4.78, 5) is 13.8. The highest BCUT2D eigenvalue weighted by molar-refractivity contribution is 7.99. The van der Waals surface area contributed by atoms with E-state index in [-0.39, 0.29) is 11.8 Å². The van der Waals surface area contributed by atoms with Gasteiger partial charge in [-0.2, -0.15) is 5.10 Å². The van der Waals surface area contributed by atoms with Gasteiger partial charge in [0, 0.05) is 22.8 Å². The van der Waals surface area contributed by atoms with Gasteiger partial charge in [-0.3, -0.25) is 4.79 Å². The van der Waals surface area contributed by atoms with Gasteiger partial charge in [0.25, 0.3) is 0 Å². The Bertz CT molecular complexity index is 757. The molecule has 1 atom stereocenters. The minimum Gasteiger partial charge on any atom is -0.273 e. The summed E-state index contributed by atoms with van der Waals surface area (Å²) in [5.74, 6) is 1.43. The van der Waals surface area contributed by atoms with Crippen molar-refractivity contribution in [2.75, 3.05) is 5.75 Å². The largest absolute Gasteiger partial charge is 0.273 e. The fourth-order valence-electron chi connectivity index (χ4n) is 3.19. The fraction of sp³-hybridized carbons (Fsp3) is 0.263. The Morgan fingerprint density at radius 3 is 2.74 bits per heavy atom. The second-order valence-electron chi connectivity index (χ2n) is 5.96. The number of carbonyl (C=O) groups is 1. The lowest BCUT2D eigenvalue weighted by Crippen LogP contribution is -2.36. The Balaban J connectivity index is 1.71. The van der Waals surface area contributed by atoms with E-state index in [9.17, 15) is 4.79 Å². The smallest absolute Gasteiger partial charge is 0.243 e. The molecule has 2 aromatic rings. The number of benzene rings is 2. The molecule has 1 unspecified atom stereocenters. The van der Waals surface area contributed by atoms with Crippen molar-refractivity contribution >= 4 is 23.4 Å². The zero-order valence-electron chi connectivity index (χ0n) is 12.8. The fourth-order valence-corrected chi connectivity index (χ4v) is 4.31. The first-order chi connectivity index (χ1) is 11.3. The van der Waals surface area contributed by atoms with Crippen LogP contribution in [0.3, 0.4) is 0 Å². The number of carbonyl (C=O) groups excluding carboxylic acids is 1. The average Bonchev–Trinajstić information content (AvgIpc) is 2.75. The molecule has 4 heteroatoms. The third kappa shape index (κ3) is 2.91. The van der Waals surface area contributed by atoms with Gasteiger partial charge in [-0.1, -0.05) is 48.5 Å². The van der Waals surface area contributed by atoms with Crippen LogP contribution in [0.4, 0.5) is 0 Å². The molecule has 2 aliphatic rings. The van der Waals surface area contributed by atoms with Crippen LogP contribution in [0.25, 0.3) is 0 Å². The Morgan fingerprint density at radius 1 is 1.09 bits per heavy atom. The molecule has 116 valence electrons. The van der Waals surface area contributed by atoms with E-state index in [1.54, 1.807) is 5.01 Å². The lowest BCUT2D eigenvalue weighted by molar-refractivity contribution is -0.133. The lowest BCUT2D eigenvalue weighted by Gasteiger charge is -2.29. The van der Waals surface area contributed by atoms with E-state index in [1.165, 1.54) is 10.5 Å². The Kier molecular flexibility index (Phi) is 3.92. The maximum absolute atomic E-state index is 12.5. The van der Waals surface area contributed by atoms with Gasteiger partial charge in [0.15, 0.2) is 0 Å². The summed E-state index contributed by atoms with van der Waals surface area (Å²) in [6.07, 6.45) is 1.59. The minimum atomic E-state index is 0.131. The van der Waals surface area contributed by atoms with E-state index in [2.05, 4.69) is 24.3 Å². The number of fused-ring (bicyclic) bond motifs is 3. The summed E-state index contributed by atoms with van der Waals surface area (Å²) in [7, 11) is 0. The summed E-state index contributed by atoms with van der Waals surface area (Å²) >= 11 is 1.87. The molecular weight excluding hydrogens is 304 g/mol. The molecule has 2 aromatic carbocycles. The standard InChI is InChI=1S/C19H18N2OS/c22-18-12-15-10-11-23-17-9-5-4-8-16(17)19(15)20-21(18)13-14-6-2-1-3-7-14/h1-9,15H,10-13H2. The van der Waals surface area contributed by atoms with Crippen molar-refractivity contribution in [1.82, 2.24) is 5.01 Å². The van der Waals surface area contributed by atoms with Crippen LogP contribution in [0.15, 0.2) is 64.6 Å². The van der Waals surface area contributed by atoms with Gasteiger partial charge >= 0.3 is 0 Å². The molecule has 3 nitrogen and oxygen atoms in total. The molecule has 23 heavy (non-hydrogen) atoms. The third-order valence-corrected chi connectivity index (χ3v) is 5.49. The van der Waals surface area contributed by atoms with Crippen LogP contribution in [0, 0.1) is 5.92 Å². The van der Waals surface area contributed by atoms with Crippen molar-refractivity contribution in [3.8, 4) is 0 Å².